The van der Waals surface area contributed by atoms with Crippen LogP contribution in [0.15, 0.2) is 12.7 Å². The van der Waals surface area contributed by atoms with Gasteiger partial charge in [0.1, 0.15) is 11.2 Å². The number of hydrogen-bond acceptors (Lipinski definition) is 4. The molecule has 0 saturated heterocycles. The Balaban J connectivity index is 2.56. The van der Waals surface area contributed by atoms with Crippen LogP contribution in [0.2, 0.25) is 18.1 Å². The Hall–Kier alpha value is -1.25. The smallest absolute Gasteiger partial charge is 0.192 e. The molecule has 2 saturated carbocycles. The first-order valence-electron chi connectivity index (χ1n) is 9.13. The van der Waals surface area contributed by atoms with Gasteiger partial charge in [0, 0.05) is 24.2 Å². The minimum atomic E-state index is -2.10. The van der Waals surface area contributed by atoms with Gasteiger partial charge in [-0.15, -0.1) is 6.58 Å². The van der Waals surface area contributed by atoms with Crippen molar-refractivity contribution >= 4 is 19.9 Å². The molecule has 0 unspecified atom stereocenters. The Labute approximate surface area is 152 Å². The van der Waals surface area contributed by atoms with Crippen LogP contribution >= 0.6 is 0 Å². The van der Waals surface area contributed by atoms with E-state index in [1.165, 1.54) is 0 Å². The molecule has 0 heterocycles. The van der Waals surface area contributed by atoms with Gasteiger partial charge in [-0.3, -0.25) is 9.59 Å². The Morgan fingerprint density at radius 2 is 1.96 bits per heavy atom. The quantitative estimate of drug-likeness (QED) is 0.551. The second-order valence-corrected chi connectivity index (χ2v) is 14.2. The van der Waals surface area contributed by atoms with Gasteiger partial charge in [-0.05, 0) is 31.0 Å². The van der Waals surface area contributed by atoms with E-state index in [1.807, 2.05) is 6.92 Å². The summed E-state index contributed by atoms with van der Waals surface area (Å²) in [5.74, 6) is -0.411. The summed E-state index contributed by atoms with van der Waals surface area (Å²) in [5, 5.41) is 10.1. The summed E-state index contributed by atoms with van der Waals surface area (Å²) in [7, 11) is -2.10. The zero-order valence-corrected chi connectivity index (χ0v) is 17.4. The molecule has 4 nitrogen and oxygen atoms in total. The summed E-state index contributed by atoms with van der Waals surface area (Å²) in [6.45, 7) is 16.8. The molecule has 0 aromatic carbocycles. The van der Waals surface area contributed by atoms with E-state index in [-0.39, 0.29) is 42.0 Å². The van der Waals surface area contributed by atoms with Crippen LogP contribution < -0.4 is 0 Å². The number of Topliss-reactive ketones (excluding diaryl/α,β-unsaturated/α-hetero) is 2. The molecule has 2 fully saturated rings. The zero-order valence-electron chi connectivity index (χ0n) is 16.4. The molecule has 2 rings (SSSR count). The molecule has 2 aliphatic carbocycles. The predicted molar refractivity (Wildman–Crippen MR) is 100 cm³/mol. The first kappa shape index (κ1) is 20.1. The predicted octanol–water partition coefficient (Wildman–Crippen LogP) is 4.42. The third-order valence-electron chi connectivity index (χ3n) is 6.99. The fourth-order valence-corrected chi connectivity index (χ4v) is 5.42. The van der Waals surface area contributed by atoms with Crippen LogP contribution in [0, 0.1) is 28.1 Å². The van der Waals surface area contributed by atoms with Crippen molar-refractivity contribution in [2.75, 3.05) is 0 Å². The van der Waals surface area contributed by atoms with Crippen molar-refractivity contribution < 1.29 is 14.0 Å². The minimum absolute atomic E-state index is 0.0251. The van der Waals surface area contributed by atoms with E-state index in [0.717, 1.165) is 0 Å². The monoisotopic (exact) mass is 361 g/mol. The minimum Gasteiger partial charge on any atom is -0.413 e. The molecule has 0 aromatic rings. The fraction of sp³-hybridized carbons (Fsp3) is 0.750. The average molecular weight is 362 g/mol. The number of fused-ring (bicyclic) bond motifs is 2. The number of rotatable bonds is 3. The molecule has 0 radical (unpaired) electrons. The Bertz CT molecular complexity index is 642. The summed E-state index contributed by atoms with van der Waals surface area (Å²) >= 11 is 0. The van der Waals surface area contributed by atoms with Gasteiger partial charge in [0.2, 0.25) is 0 Å². The van der Waals surface area contributed by atoms with Crippen LogP contribution in [-0.2, 0) is 14.0 Å². The average Bonchev–Trinajstić information content (AvgIpc) is 2.59. The van der Waals surface area contributed by atoms with Crippen molar-refractivity contribution in [1.82, 2.24) is 0 Å². The maximum atomic E-state index is 13.1. The standard InChI is InChI=1S/C20H31NO3Si/c1-8-19(5)16(24-25(6,7)18(2,3)4)12-14-11-15(22)9-10-20(19,13-21)17(14)23/h8,14,16H,1,9-12H2,2-7H3/t14-,16+,19-,20+/m1/s1. The van der Waals surface area contributed by atoms with Crippen LogP contribution in [0.1, 0.15) is 53.4 Å². The van der Waals surface area contributed by atoms with E-state index in [0.29, 0.717) is 6.42 Å². The van der Waals surface area contributed by atoms with Crippen molar-refractivity contribution in [2.24, 2.45) is 16.7 Å². The summed E-state index contributed by atoms with van der Waals surface area (Å²) in [4.78, 5) is 25.3. The molecule has 2 bridgehead atoms. The third kappa shape index (κ3) is 2.94. The molecular weight excluding hydrogens is 330 g/mol. The number of hydrogen-bond donors (Lipinski definition) is 0. The van der Waals surface area contributed by atoms with E-state index in [9.17, 15) is 14.9 Å². The van der Waals surface area contributed by atoms with Gasteiger partial charge < -0.3 is 4.43 Å². The van der Waals surface area contributed by atoms with Gasteiger partial charge in [0.25, 0.3) is 0 Å². The summed E-state index contributed by atoms with van der Waals surface area (Å²) in [6, 6.07) is 2.32. The number of nitrogens with zero attached hydrogens (tertiary/aromatic N) is 1. The summed E-state index contributed by atoms with van der Waals surface area (Å²) < 4.78 is 6.71. The van der Waals surface area contributed by atoms with Gasteiger partial charge >= 0.3 is 0 Å². The summed E-state index contributed by atoms with van der Waals surface area (Å²) in [6.07, 6.45) is 2.77. The number of carbonyl (C=O) groups is 2. The number of carbonyl (C=O) groups excluding carboxylic acids is 2. The van der Waals surface area contributed by atoms with Crippen molar-refractivity contribution in [3.05, 3.63) is 12.7 Å². The molecule has 0 amide bonds. The highest BCUT2D eigenvalue weighted by molar-refractivity contribution is 6.74. The lowest BCUT2D eigenvalue weighted by Crippen LogP contribution is -2.60. The molecule has 0 aliphatic heterocycles. The van der Waals surface area contributed by atoms with Crippen LogP contribution in [0.4, 0.5) is 0 Å². The van der Waals surface area contributed by atoms with E-state index in [4.69, 9.17) is 4.43 Å². The van der Waals surface area contributed by atoms with E-state index < -0.39 is 25.1 Å². The molecule has 0 spiro atoms. The van der Waals surface area contributed by atoms with Crippen molar-refractivity contribution in [2.45, 2.75) is 77.6 Å². The highest BCUT2D eigenvalue weighted by Gasteiger charge is 2.64. The van der Waals surface area contributed by atoms with Gasteiger partial charge in [-0.2, -0.15) is 5.26 Å². The molecule has 138 valence electrons. The lowest BCUT2D eigenvalue weighted by atomic mass is 9.52. The Kier molecular flexibility index (Phi) is 4.95. The van der Waals surface area contributed by atoms with Gasteiger partial charge in [0.05, 0.1) is 12.2 Å². The highest BCUT2D eigenvalue weighted by atomic mass is 28.4. The molecular formula is C20H31NO3Si. The van der Waals surface area contributed by atoms with Crippen molar-refractivity contribution in [3.8, 4) is 6.07 Å². The zero-order chi connectivity index (χ0) is 19.3. The lowest BCUT2D eigenvalue weighted by molar-refractivity contribution is -0.148. The second-order valence-electron chi connectivity index (χ2n) is 9.41. The number of nitriles is 1. The first-order chi connectivity index (χ1) is 11.3. The topological polar surface area (TPSA) is 67.2 Å². The van der Waals surface area contributed by atoms with Crippen LogP contribution in [0.3, 0.4) is 0 Å². The molecule has 2 aliphatic rings. The fourth-order valence-electron chi connectivity index (χ4n) is 4.01. The third-order valence-corrected chi connectivity index (χ3v) is 11.5. The van der Waals surface area contributed by atoms with Crippen LogP contribution in [-0.4, -0.2) is 26.0 Å². The molecule has 25 heavy (non-hydrogen) atoms. The van der Waals surface area contributed by atoms with Crippen LogP contribution in [0.5, 0.6) is 0 Å². The molecule has 0 N–H and O–H groups in total. The maximum absolute atomic E-state index is 13.1. The first-order valence-corrected chi connectivity index (χ1v) is 12.0. The molecule has 0 aromatic heterocycles. The van der Waals surface area contributed by atoms with E-state index >= 15 is 0 Å². The van der Waals surface area contributed by atoms with Gasteiger partial charge in [-0.1, -0.05) is 33.8 Å². The second kappa shape index (κ2) is 6.17. The van der Waals surface area contributed by atoms with Crippen molar-refractivity contribution in [1.29, 1.82) is 5.26 Å². The highest BCUT2D eigenvalue weighted by Crippen LogP contribution is 2.57. The molecule has 5 heteroatoms. The van der Waals surface area contributed by atoms with E-state index in [2.05, 4.69) is 46.5 Å². The van der Waals surface area contributed by atoms with Gasteiger partial charge in [-0.25, -0.2) is 0 Å². The summed E-state index contributed by atoms with van der Waals surface area (Å²) in [5.41, 5.74) is -1.99. The molecule has 4 atom stereocenters. The SMILES string of the molecule is C=C[C@]1(C)[C@@H](O[Si](C)(C)C(C)(C)C)C[C@H]2CC(=O)CC[C@]1(C#N)C2=O. The lowest BCUT2D eigenvalue weighted by Gasteiger charge is -2.54. The van der Waals surface area contributed by atoms with E-state index in [1.54, 1.807) is 6.08 Å². The van der Waals surface area contributed by atoms with Crippen molar-refractivity contribution in [3.63, 3.8) is 0 Å². The Morgan fingerprint density at radius 1 is 1.36 bits per heavy atom. The largest absolute Gasteiger partial charge is 0.413 e. The van der Waals surface area contributed by atoms with Gasteiger partial charge in [0.15, 0.2) is 14.1 Å². The maximum Gasteiger partial charge on any atom is 0.192 e. The Morgan fingerprint density at radius 3 is 2.44 bits per heavy atom. The van der Waals surface area contributed by atoms with Crippen LogP contribution in [0.25, 0.3) is 0 Å². The normalized spacial score (nSPS) is 36.5. The number of ketones is 2.